The summed E-state index contributed by atoms with van der Waals surface area (Å²) in [6.45, 7) is 5.52. The van der Waals surface area contributed by atoms with Crippen LogP contribution in [0, 0.1) is 6.92 Å². The maximum absolute atomic E-state index is 11.4. The minimum absolute atomic E-state index is 0.329. The van der Waals surface area contributed by atoms with Gasteiger partial charge in [-0.3, -0.25) is 4.79 Å². The zero-order chi connectivity index (χ0) is 12.8. The molecule has 0 saturated heterocycles. The van der Waals surface area contributed by atoms with Gasteiger partial charge in [-0.05, 0) is 44.5 Å². The normalized spacial score (nSPS) is 11.7. The van der Waals surface area contributed by atoms with E-state index in [2.05, 4.69) is 0 Å². The van der Waals surface area contributed by atoms with Crippen molar-refractivity contribution in [2.24, 2.45) is 0 Å². The van der Waals surface area contributed by atoms with Crippen LogP contribution in [0.5, 0.6) is 5.75 Å². The average Bonchev–Trinajstić information content (AvgIpc) is 2.31. The number of hydrogen-bond donors (Lipinski definition) is 0. The van der Waals surface area contributed by atoms with Crippen molar-refractivity contribution in [1.82, 2.24) is 0 Å². The van der Waals surface area contributed by atoms with Crippen LogP contribution in [-0.4, -0.2) is 25.0 Å². The predicted octanol–water partition coefficient (Wildman–Crippen LogP) is 2.14. The van der Waals surface area contributed by atoms with Gasteiger partial charge in [0.25, 0.3) is 0 Å². The second kappa shape index (κ2) is 6.03. The Labute approximate surface area is 101 Å². The number of aldehydes is 1. The Morgan fingerprint density at radius 3 is 2.71 bits per heavy atom. The molecule has 0 fully saturated rings. The van der Waals surface area contributed by atoms with Crippen molar-refractivity contribution in [2.75, 3.05) is 6.61 Å². The van der Waals surface area contributed by atoms with Crippen LogP contribution in [0.4, 0.5) is 0 Å². The number of aryl methyl sites for hydroxylation is 1. The molecule has 1 atom stereocenters. The predicted molar refractivity (Wildman–Crippen MR) is 63.3 cm³/mol. The third-order valence-corrected chi connectivity index (χ3v) is 2.26. The van der Waals surface area contributed by atoms with E-state index < -0.39 is 12.1 Å². The van der Waals surface area contributed by atoms with E-state index in [0.29, 0.717) is 17.9 Å². The first-order valence-corrected chi connectivity index (χ1v) is 5.47. The lowest BCUT2D eigenvalue weighted by molar-refractivity contribution is -0.150. The number of carbonyl (C=O) groups excluding carboxylic acids is 2. The lowest BCUT2D eigenvalue weighted by Crippen LogP contribution is -2.26. The molecule has 0 aliphatic heterocycles. The molecular formula is C13H16O4. The van der Waals surface area contributed by atoms with E-state index in [9.17, 15) is 9.59 Å². The molecule has 0 saturated carbocycles. The topological polar surface area (TPSA) is 52.6 Å². The minimum atomic E-state index is -0.657. The zero-order valence-corrected chi connectivity index (χ0v) is 10.2. The zero-order valence-electron chi connectivity index (χ0n) is 10.2. The number of carbonyl (C=O) groups is 2. The Bertz CT molecular complexity index is 412. The fourth-order valence-corrected chi connectivity index (χ4v) is 1.38. The molecule has 0 bridgehead atoms. The van der Waals surface area contributed by atoms with E-state index in [1.165, 1.54) is 0 Å². The summed E-state index contributed by atoms with van der Waals surface area (Å²) in [5.74, 6) is 0.183. The van der Waals surface area contributed by atoms with Crippen LogP contribution in [0.25, 0.3) is 0 Å². The summed E-state index contributed by atoms with van der Waals surface area (Å²) in [6, 6.07) is 5.03. The first-order valence-electron chi connectivity index (χ1n) is 5.47. The molecule has 0 N–H and O–H groups in total. The van der Waals surface area contributed by atoms with Crippen molar-refractivity contribution in [3.8, 4) is 5.75 Å². The van der Waals surface area contributed by atoms with Crippen LogP contribution in [-0.2, 0) is 9.53 Å². The SMILES string of the molecule is CCOC(=O)C(C)Oc1ccc(C=O)cc1C. The smallest absolute Gasteiger partial charge is 0.347 e. The second-order valence-corrected chi connectivity index (χ2v) is 3.65. The molecule has 0 spiro atoms. The molecule has 0 amide bonds. The molecule has 4 heteroatoms. The van der Waals surface area contributed by atoms with Gasteiger partial charge in [0.15, 0.2) is 6.10 Å². The second-order valence-electron chi connectivity index (χ2n) is 3.65. The van der Waals surface area contributed by atoms with Crippen molar-refractivity contribution >= 4 is 12.3 Å². The van der Waals surface area contributed by atoms with Gasteiger partial charge >= 0.3 is 5.97 Å². The third kappa shape index (κ3) is 3.59. The van der Waals surface area contributed by atoms with Crippen molar-refractivity contribution in [3.63, 3.8) is 0 Å². The number of rotatable bonds is 5. The van der Waals surface area contributed by atoms with Crippen LogP contribution in [0.15, 0.2) is 18.2 Å². The van der Waals surface area contributed by atoms with Crippen molar-refractivity contribution in [3.05, 3.63) is 29.3 Å². The van der Waals surface area contributed by atoms with Crippen LogP contribution in [0.3, 0.4) is 0 Å². The van der Waals surface area contributed by atoms with Crippen LogP contribution >= 0.6 is 0 Å². The van der Waals surface area contributed by atoms with Crippen molar-refractivity contribution in [1.29, 1.82) is 0 Å². The number of esters is 1. The molecule has 0 aromatic heterocycles. The van der Waals surface area contributed by atoms with Gasteiger partial charge in [-0.15, -0.1) is 0 Å². The highest BCUT2D eigenvalue weighted by atomic mass is 16.6. The molecule has 0 heterocycles. The summed E-state index contributed by atoms with van der Waals surface area (Å²) >= 11 is 0. The summed E-state index contributed by atoms with van der Waals surface area (Å²) in [7, 11) is 0. The monoisotopic (exact) mass is 236 g/mol. The van der Waals surface area contributed by atoms with E-state index in [-0.39, 0.29) is 0 Å². The highest BCUT2D eigenvalue weighted by molar-refractivity contribution is 5.76. The maximum atomic E-state index is 11.4. The summed E-state index contributed by atoms with van der Waals surface area (Å²) in [4.78, 5) is 21.9. The van der Waals surface area contributed by atoms with Crippen LogP contribution in [0.1, 0.15) is 29.8 Å². The largest absolute Gasteiger partial charge is 0.479 e. The molecule has 0 aliphatic carbocycles. The highest BCUT2D eigenvalue weighted by Crippen LogP contribution is 2.20. The van der Waals surface area contributed by atoms with Gasteiger partial charge in [0.1, 0.15) is 12.0 Å². The van der Waals surface area contributed by atoms with Gasteiger partial charge in [-0.2, -0.15) is 0 Å². The van der Waals surface area contributed by atoms with Gasteiger partial charge in [0.05, 0.1) is 6.61 Å². The van der Waals surface area contributed by atoms with E-state index >= 15 is 0 Å². The fraction of sp³-hybridized carbons (Fsp3) is 0.385. The summed E-state index contributed by atoms with van der Waals surface area (Å²) in [6.07, 6.45) is 0.113. The highest BCUT2D eigenvalue weighted by Gasteiger charge is 2.16. The third-order valence-electron chi connectivity index (χ3n) is 2.26. The van der Waals surface area contributed by atoms with Crippen molar-refractivity contribution < 1.29 is 19.1 Å². The molecule has 0 radical (unpaired) electrons. The van der Waals surface area contributed by atoms with Gasteiger partial charge < -0.3 is 9.47 Å². The fourth-order valence-electron chi connectivity index (χ4n) is 1.38. The Hall–Kier alpha value is -1.84. The molecule has 1 aromatic carbocycles. The number of ether oxygens (including phenoxy) is 2. The summed E-state index contributed by atoms with van der Waals surface area (Å²) in [5, 5.41) is 0. The van der Waals surface area contributed by atoms with Gasteiger partial charge in [0.2, 0.25) is 0 Å². The first kappa shape index (κ1) is 13.2. The van der Waals surface area contributed by atoms with Gasteiger partial charge in [0, 0.05) is 5.56 Å². The van der Waals surface area contributed by atoms with Gasteiger partial charge in [-0.25, -0.2) is 4.79 Å². The Kier molecular flexibility index (Phi) is 4.69. The molecule has 0 aliphatic rings. The lowest BCUT2D eigenvalue weighted by atomic mass is 10.1. The van der Waals surface area contributed by atoms with Crippen molar-refractivity contribution in [2.45, 2.75) is 26.9 Å². The molecular weight excluding hydrogens is 220 g/mol. The standard InChI is InChI=1S/C13H16O4/c1-4-16-13(15)10(3)17-12-6-5-11(8-14)7-9(12)2/h5-8,10H,4H2,1-3H3. The van der Waals surface area contributed by atoms with E-state index in [1.54, 1.807) is 32.0 Å². The lowest BCUT2D eigenvalue weighted by Gasteiger charge is -2.15. The van der Waals surface area contributed by atoms with Crippen LogP contribution in [0.2, 0.25) is 0 Å². The number of benzene rings is 1. The molecule has 4 nitrogen and oxygen atoms in total. The molecule has 17 heavy (non-hydrogen) atoms. The minimum Gasteiger partial charge on any atom is -0.479 e. The molecule has 92 valence electrons. The Balaban J connectivity index is 2.74. The van der Waals surface area contributed by atoms with Gasteiger partial charge in [-0.1, -0.05) is 0 Å². The molecule has 1 aromatic rings. The maximum Gasteiger partial charge on any atom is 0.347 e. The summed E-state index contributed by atoms with van der Waals surface area (Å²) in [5.41, 5.74) is 1.39. The van der Waals surface area contributed by atoms with Crippen LogP contribution < -0.4 is 4.74 Å². The molecule has 1 unspecified atom stereocenters. The summed E-state index contributed by atoms with van der Waals surface area (Å²) < 4.78 is 10.3. The van der Waals surface area contributed by atoms with E-state index in [4.69, 9.17) is 9.47 Å². The van der Waals surface area contributed by atoms with E-state index in [0.717, 1.165) is 11.8 Å². The van der Waals surface area contributed by atoms with E-state index in [1.807, 2.05) is 6.92 Å². The Morgan fingerprint density at radius 2 is 2.18 bits per heavy atom. The quantitative estimate of drug-likeness (QED) is 0.580. The average molecular weight is 236 g/mol. The molecule has 1 rings (SSSR count). The first-order chi connectivity index (χ1) is 8.08. The number of hydrogen-bond acceptors (Lipinski definition) is 4. The Morgan fingerprint density at radius 1 is 1.47 bits per heavy atom.